The van der Waals surface area contributed by atoms with Crippen molar-refractivity contribution in [1.82, 2.24) is 5.32 Å². The molecule has 1 fully saturated rings. The zero-order chi connectivity index (χ0) is 12.7. The van der Waals surface area contributed by atoms with E-state index in [1.165, 1.54) is 19.3 Å². The molecular weight excluding hydrogens is 216 g/mol. The highest BCUT2D eigenvalue weighted by Crippen LogP contribution is 2.22. The fraction of sp³-hybridized carbons (Fsp3) is 0.846. The largest absolute Gasteiger partial charge is 0.365 e. The van der Waals surface area contributed by atoms with Crippen molar-refractivity contribution in [2.45, 2.75) is 70.6 Å². The molecule has 17 heavy (non-hydrogen) atoms. The number of nitriles is 1. The SMILES string of the molecule is CCC(OC1CCCCC1)C(=O)NC(C)C#N. The van der Waals surface area contributed by atoms with E-state index in [0.29, 0.717) is 6.42 Å². The number of nitrogens with one attached hydrogen (secondary N) is 1. The second kappa shape index (κ2) is 7.29. The number of ether oxygens (including phenoxy) is 1. The van der Waals surface area contributed by atoms with Crippen LogP contribution in [0.2, 0.25) is 0 Å². The third-order valence-electron chi connectivity index (χ3n) is 3.12. The van der Waals surface area contributed by atoms with Gasteiger partial charge in [0.05, 0.1) is 12.2 Å². The molecular formula is C13H22N2O2. The summed E-state index contributed by atoms with van der Waals surface area (Å²) in [5.74, 6) is -0.160. The van der Waals surface area contributed by atoms with Gasteiger partial charge in [0.1, 0.15) is 12.1 Å². The fourth-order valence-electron chi connectivity index (χ4n) is 2.12. The van der Waals surface area contributed by atoms with E-state index in [1.54, 1.807) is 6.92 Å². The van der Waals surface area contributed by atoms with Gasteiger partial charge in [-0.25, -0.2) is 0 Å². The number of rotatable bonds is 5. The Kier molecular flexibility index (Phi) is 5.99. The van der Waals surface area contributed by atoms with E-state index in [4.69, 9.17) is 10.00 Å². The van der Waals surface area contributed by atoms with Gasteiger partial charge in [0, 0.05) is 0 Å². The molecule has 1 aliphatic rings. The van der Waals surface area contributed by atoms with Crippen molar-refractivity contribution in [2.24, 2.45) is 0 Å². The van der Waals surface area contributed by atoms with Crippen molar-refractivity contribution in [2.75, 3.05) is 0 Å². The minimum Gasteiger partial charge on any atom is -0.365 e. The van der Waals surface area contributed by atoms with Crippen LogP contribution in [-0.4, -0.2) is 24.2 Å². The van der Waals surface area contributed by atoms with Crippen LogP contribution >= 0.6 is 0 Å². The lowest BCUT2D eigenvalue weighted by Crippen LogP contribution is -2.42. The van der Waals surface area contributed by atoms with Crippen LogP contribution in [0.3, 0.4) is 0 Å². The third-order valence-corrected chi connectivity index (χ3v) is 3.12. The number of nitrogens with zero attached hydrogens (tertiary/aromatic N) is 1. The quantitative estimate of drug-likeness (QED) is 0.798. The Morgan fingerprint density at radius 2 is 2.12 bits per heavy atom. The Morgan fingerprint density at radius 3 is 2.65 bits per heavy atom. The van der Waals surface area contributed by atoms with Crippen molar-refractivity contribution >= 4 is 5.91 Å². The zero-order valence-corrected chi connectivity index (χ0v) is 10.7. The van der Waals surface area contributed by atoms with Crippen molar-refractivity contribution < 1.29 is 9.53 Å². The van der Waals surface area contributed by atoms with Crippen LogP contribution in [0.4, 0.5) is 0 Å². The summed E-state index contributed by atoms with van der Waals surface area (Å²) < 4.78 is 5.83. The molecule has 0 radical (unpaired) electrons. The van der Waals surface area contributed by atoms with E-state index < -0.39 is 12.1 Å². The Bertz CT molecular complexity index is 280. The van der Waals surface area contributed by atoms with E-state index in [0.717, 1.165) is 12.8 Å². The molecule has 0 spiro atoms. The number of carbonyl (C=O) groups is 1. The van der Waals surface area contributed by atoms with Gasteiger partial charge in [-0.05, 0) is 26.2 Å². The summed E-state index contributed by atoms with van der Waals surface area (Å²) in [5, 5.41) is 11.3. The molecule has 0 aromatic heterocycles. The summed E-state index contributed by atoms with van der Waals surface area (Å²) in [5.41, 5.74) is 0. The maximum Gasteiger partial charge on any atom is 0.250 e. The van der Waals surface area contributed by atoms with E-state index in [1.807, 2.05) is 13.0 Å². The summed E-state index contributed by atoms with van der Waals surface area (Å²) >= 11 is 0. The molecule has 1 N–H and O–H groups in total. The average molecular weight is 238 g/mol. The van der Waals surface area contributed by atoms with Crippen LogP contribution in [0, 0.1) is 11.3 Å². The molecule has 0 aromatic carbocycles. The van der Waals surface area contributed by atoms with Crippen LogP contribution in [0.1, 0.15) is 52.4 Å². The molecule has 1 saturated carbocycles. The fourth-order valence-corrected chi connectivity index (χ4v) is 2.12. The van der Waals surface area contributed by atoms with Gasteiger partial charge in [-0.15, -0.1) is 0 Å². The highest BCUT2D eigenvalue weighted by atomic mass is 16.5. The second-order valence-electron chi connectivity index (χ2n) is 4.65. The van der Waals surface area contributed by atoms with Crippen LogP contribution in [0.25, 0.3) is 0 Å². The van der Waals surface area contributed by atoms with Gasteiger partial charge in [0.25, 0.3) is 0 Å². The van der Waals surface area contributed by atoms with Crippen molar-refractivity contribution in [3.05, 3.63) is 0 Å². The first-order valence-corrected chi connectivity index (χ1v) is 6.52. The molecule has 1 aliphatic carbocycles. The Balaban J connectivity index is 2.41. The molecule has 0 aromatic rings. The molecule has 0 heterocycles. The molecule has 0 bridgehead atoms. The van der Waals surface area contributed by atoms with Gasteiger partial charge >= 0.3 is 0 Å². The zero-order valence-electron chi connectivity index (χ0n) is 10.7. The minimum atomic E-state index is -0.452. The molecule has 0 aliphatic heterocycles. The van der Waals surface area contributed by atoms with Crippen molar-refractivity contribution in [1.29, 1.82) is 5.26 Å². The van der Waals surface area contributed by atoms with E-state index in [2.05, 4.69) is 5.32 Å². The average Bonchev–Trinajstić information content (AvgIpc) is 2.36. The highest BCUT2D eigenvalue weighted by molar-refractivity contribution is 5.81. The number of carbonyl (C=O) groups excluding carboxylic acids is 1. The van der Waals surface area contributed by atoms with Gasteiger partial charge in [0.2, 0.25) is 5.91 Å². The van der Waals surface area contributed by atoms with Crippen molar-refractivity contribution in [3.63, 3.8) is 0 Å². The summed E-state index contributed by atoms with van der Waals surface area (Å²) in [4.78, 5) is 11.8. The van der Waals surface area contributed by atoms with Gasteiger partial charge < -0.3 is 10.1 Å². The Labute approximate surface area is 103 Å². The van der Waals surface area contributed by atoms with E-state index in [-0.39, 0.29) is 12.0 Å². The first-order chi connectivity index (χ1) is 8.17. The summed E-state index contributed by atoms with van der Waals surface area (Å²) in [6.07, 6.45) is 6.23. The van der Waals surface area contributed by atoms with E-state index >= 15 is 0 Å². The van der Waals surface area contributed by atoms with Gasteiger partial charge in [-0.1, -0.05) is 26.2 Å². The van der Waals surface area contributed by atoms with Gasteiger partial charge in [-0.2, -0.15) is 5.26 Å². The molecule has 0 saturated heterocycles. The lowest BCUT2D eigenvalue weighted by molar-refractivity contribution is -0.138. The van der Waals surface area contributed by atoms with Crippen molar-refractivity contribution in [3.8, 4) is 6.07 Å². The number of amides is 1. The van der Waals surface area contributed by atoms with Crippen LogP contribution in [-0.2, 0) is 9.53 Å². The predicted molar refractivity (Wildman–Crippen MR) is 65.3 cm³/mol. The monoisotopic (exact) mass is 238 g/mol. The molecule has 96 valence electrons. The second-order valence-corrected chi connectivity index (χ2v) is 4.65. The first kappa shape index (κ1) is 14.0. The molecule has 2 atom stereocenters. The topological polar surface area (TPSA) is 62.1 Å². The molecule has 1 rings (SSSR count). The summed E-state index contributed by atoms with van der Waals surface area (Å²) in [6.45, 7) is 3.61. The Hall–Kier alpha value is -1.08. The summed E-state index contributed by atoms with van der Waals surface area (Å²) in [7, 11) is 0. The molecule has 4 nitrogen and oxygen atoms in total. The third kappa shape index (κ3) is 4.74. The number of hydrogen-bond donors (Lipinski definition) is 1. The van der Waals surface area contributed by atoms with Crippen LogP contribution in [0.5, 0.6) is 0 Å². The smallest absolute Gasteiger partial charge is 0.250 e. The minimum absolute atomic E-state index is 0.160. The van der Waals surface area contributed by atoms with E-state index in [9.17, 15) is 4.79 Å². The van der Waals surface area contributed by atoms with Gasteiger partial charge in [-0.3, -0.25) is 4.79 Å². The highest BCUT2D eigenvalue weighted by Gasteiger charge is 2.24. The normalized spacial score (nSPS) is 20.3. The lowest BCUT2D eigenvalue weighted by Gasteiger charge is -2.26. The Morgan fingerprint density at radius 1 is 1.47 bits per heavy atom. The standard InChI is InChI=1S/C13H22N2O2/c1-3-12(13(16)15-10(2)9-14)17-11-7-5-4-6-8-11/h10-12H,3-8H2,1-2H3,(H,15,16). The van der Waals surface area contributed by atoms with Gasteiger partial charge in [0.15, 0.2) is 0 Å². The molecule has 1 amide bonds. The molecule has 4 heteroatoms. The lowest BCUT2D eigenvalue weighted by atomic mass is 9.97. The predicted octanol–water partition coefficient (Wildman–Crippen LogP) is 2.14. The summed E-state index contributed by atoms with van der Waals surface area (Å²) in [6, 6.07) is 1.54. The molecule has 2 unspecified atom stereocenters. The van der Waals surface area contributed by atoms with Crippen LogP contribution in [0.15, 0.2) is 0 Å². The first-order valence-electron chi connectivity index (χ1n) is 6.52. The van der Waals surface area contributed by atoms with Crippen LogP contribution < -0.4 is 5.32 Å². The maximum atomic E-state index is 11.8. The maximum absolute atomic E-state index is 11.8. The number of hydrogen-bond acceptors (Lipinski definition) is 3.